The molecule has 0 saturated carbocycles. The number of ether oxygens (including phenoxy) is 1. The van der Waals surface area contributed by atoms with Crippen molar-refractivity contribution in [2.24, 2.45) is 0 Å². The molecule has 0 spiro atoms. The van der Waals surface area contributed by atoms with Crippen molar-refractivity contribution in [3.05, 3.63) is 35.0 Å². The van der Waals surface area contributed by atoms with E-state index in [0.717, 1.165) is 23.0 Å². The van der Waals surface area contributed by atoms with Gasteiger partial charge in [-0.15, -0.1) is 0 Å². The number of nitrogens with zero attached hydrogens (tertiary/aromatic N) is 1. The number of aliphatic hydroxyl groups excluding tert-OH is 1. The van der Waals surface area contributed by atoms with Gasteiger partial charge >= 0.3 is 0 Å². The molecule has 4 heteroatoms. The van der Waals surface area contributed by atoms with E-state index in [1.807, 2.05) is 45.2 Å². The Morgan fingerprint density at radius 3 is 2.68 bits per heavy atom. The second-order valence-electron chi connectivity index (χ2n) is 5.63. The van der Waals surface area contributed by atoms with Crippen molar-refractivity contribution in [1.29, 1.82) is 0 Å². The topological polar surface area (TPSA) is 34.4 Å². The number of hydrogen-bond acceptors (Lipinski definition) is 2. The minimum absolute atomic E-state index is 0.0330. The summed E-state index contributed by atoms with van der Waals surface area (Å²) in [6.07, 6.45) is 1.97. The summed E-state index contributed by atoms with van der Waals surface area (Å²) >= 11 is 6.04. The molecule has 0 bridgehead atoms. The van der Waals surface area contributed by atoms with Crippen LogP contribution >= 0.6 is 11.6 Å². The van der Waals surface area contributed by atoms with Crippen molar-refractivity contribution in [2.75, 3.05) is 6.61 Å². The molecule has 3 nitrogen and oxygen atoms in total. The van der Waals surface area contributed by atoms with Crippen LogP contribution in [-0.4, -0.2) is 21.9 Å². The standard InChI is InChI=1S/C15H20ClNO2/c1-15(2,3)19-7-6-17-9-11(10-18)13-5-4-12(16)8-14(13)17/h4-5,8-9,18H,6-7,10H2,1-3H3. The largest absolute Gasteiger partial charge is 0.392 e. The van der Waals surface area contributed by atoms with E-state index in [1.165, 1.54) is 0 Å². The molecule has 1 aromatic carbocycles. The predicted octanol–water partition coefficient (Wildman–Crippen LogP) is 3.60. The third kappa shape index (κ3) is 3.50. The first-order valence-electron chi connectivity index (χ1n) is 6.43. The summed E-state index contributed by atoms with van der Waals surface area (Å²) < 4.78 is 7.82. The first-order valence-corrected chi connectivity index (χ1v) is 6.80. The van der Waals surface area contributed by atoms with Crippen LogP contribution in [0.2, 0.25) is 5.02 Å². The van der Waals surface area contributed by atoms with Gasteiger partial charge in [0.05, 0.1) is 18.8 Å². The second kappa shape index (κ2) is 5.53. The van der Waals surface area contributed by atoms with E-state index >= 15 is 0 Å². The third-order valence-electron chi connectivity index (χ3n) is 2.96. The van der Waals surface area contributed by atoms with Crippen LogP contribution in [-0.2, 0) is 17.9 Å². The molecule has 19 heavy (non-hydrogen) atoms. The smallest absolute Gasteiger partial charge is 0.0702 e. The molecule has 0 fully saturated rings. The van der Waals surface area contributed by atoms with E-state index in [0.29, 0.717) is 11.6 Å². The second-order valence-corrected chi connectivity index (χ2v) is 6.06. The van der Waals surface area contributed by atoms with Gasteiger partial charge in [-0.3, -0.25) is 0 Å². The molecule has 2 rings (SSSR count). The van der Waals surface area contributed by atoms with E-state index in [1.54, 1.807) is 0 Å². The first kappa shape index (κ1) is 14.4. The Labute approximate surface area is 118 Å². The molecule has 1 heterocycles. The molecule has 0 unspecified atom stereocenters. The monoisotopic (exact) mass is 281 g/mol. The Morgan fingerprint density at radius 1 is 1.32 bits per heavy atom. The minimum Gasteiger partial charge on any atom is -0.392 e. The van der Waals surface area contributed by atoms with Crippen molar-refractivity contribution in [3.63, 3.8) is 0 Å². The van der Waals surface area contributed by atoms with Gasteiger partial charge in [-0.1, -0.05) is 17.7 Å². The molecule has 0 atom stereocenters. The number of hydrogen-bond donors (Lipinski definition) is 1. The lowest BCUT2D eigenvalue weighted by Gasteiger charge is -2.19. The number of fused-ring (bicyclic) bond motifs is 1. The van der Waals surface area contributed by atoms with Gasteiger partial charge in [-0.05, 0) is 32.9 Å². The van der Waals surface area contributed by atoms with Crippen LogP contribution in [0.3, 0.4) is 0 Å². The molecule has 104 valence electrons. The van der Waals surface area contributed by atoms with Gasteiger partial charge in [-0.25, -0.2) is 0 Å². The van der Waals surface area contributed by atoms with E-state index < -0.39 is 0 Å². The molecule has 2 aromatic rings. The Bertz CT molecular complexity index is 569. The Kier molecular flexibility index (Phi) is 4.19. The average Bonchev–Trinajstić information content (AvgIpc) is 2.65. The summed E-state index contributed by atoms with van der Waals surface area (Å²) in [6, 6.07) is 5.72. The number of aliphatic hydroxyl groups is 1. The van der Waals surface area contributed by atoms with Crippen LogP contribution in [0.1, 0.15) is 26.3 Å². The van der Waals surface area contributed by atoms with Crippen LogP contribution in [0.4, 0.5) is 0 Å². The summed E-state index contributed by atoms with van der Waals surface area (Å²) in [5.41, 5.74) is 1.82. The summed E-state index contributed by atoms with van der Waals surface area (Å²) in [5.74, 6) is 0. The molecule has 0 radical (unpaired) electrons. The van der Waals surface area contributed by atoms with Gasteiger partial charge in [0.15, 0.2) is 0 Å². The van der Waals surface area contributed by atoms with Crippen LogP contribution < -0.4 is 0 Å². The lowest BCUT2D eigenvalue weighted by molar-refractivity contribution is -0.00646. The fraction of sp³-hybridized carbons (Fsp3) is 0.467. The minimum atomic E-state index is -0.138. The van der Waals surface area contributed by atoms with E-state index in [-0.39, 0.29) is 12.2 Å². The zero-order chi connectivity index (χ0) is 14.0. The highest BCUT2D eigenvalue weighted by Crippen LogP contribution is 2.25. The zero-order valence-electron chi connectivity index (χ0n) is 11.6. The van der Waals surface area contributed by atoms with Crippen LogP contribution in [0.15, 0.2) is 24.4 Å². The lowest BCUT2D eigenvalue weighted by atomic mass is 10.2. The van der Waals surface area contributed by atoms with Gasteiger partial charge in [0.1, 0.15) is 0 Å². The highest BCUT2D eigenvalue weighted by Gasteiger charge is 2.11. The summed E-state index contributed by atoms with van der Waals surface area (Å²) in [5, 5.41) is 11.1. The summed E-state index contributed by atoms with van der Waals surface area (Å²) in [7, 11) is 0. The number of halogens is 1. The summed E-state index contributed by atoms with van der Waals surface area (Å²) in [6.45, 7) is 7.52. The highest BCUT2D eigenvalue weighted by molar-refractivity contribution is 6.31. The molecular weight excluding hydrogens is 262 g/mol. The number of benzene rings is 1. The normalized spacial score (nSPS) is 12.3. The van der Waals surface area contributed by atoms with Gasteiger partial charge in [0.25, 0.3) is 0 Å². The molecule has 0 aliphatic rings. The quantitative estimate of drug-likeness (QED) is 0.929. The van der Waals surface area contributed by atoms with Crippen LogP contribution in [0.25, 0.3) is 10.9 Å². The Morgan fingerprint density at radius 2 is 2.05 bits per heavy atom. The predicted molar refractivity (Wildman–Crippen MR) is 78.6 cm³/mol. The number of aromatic nitrogens is 1. The maximum absolute atomic E-state index is 9.40. The number of rotatable bonds is 4. The van der Waals surface area contributed by atoms with Crippen LogP contribution in [0, 0.1) is 0 Å². The molecule has 1 N–H and O–H groups in total. The zero-order valence-corrected chi connectivity index (χ0v) is 12.4. The van der Waals surface area contributed by atoms with E-state index in [4.69, 9.17) is 16.3 Å². The van der Waals surface area contributed by atoms with Gasteiger partial charge in [-0.2, -0.15) is 0 Å². The third-order valence-corrected chi connectivity index (χ3v) is 3.20. The highest BCUT2D eigenvalue weighted by atomic mass is 35.5. The molecule has 0 saturated heterocycles. The Hall–Kier alpha value is -1.03. The lowest BCUT2D eigenvalue weighted by Crippen LogP contribution is -2.21. The molecular formula is C15H20ClNO2. The van der Waals surface area contributed by atoms with E-state index in [2.05, 4.69) is 4.57 Å². The molecule has 1 aromatic heterocycles. The average molecular weight is 282 g/mol. The van der Waals surface area contributed by atoms with Crippen molar-refractivity contribution in [3.8, 4) is 0 Å². The van der Waals surface area contributed by atoms with Crippen molar-refractivity contribution >= 4 is 22.5 Å². The van der Waals surface area contributed by atoms with Gasteiger partial charge in [0.2, 0.25) is 0 Å². The van der Waals surface area contributed by atoms with Crippen LogP contribution in [0.5, 0.6) is 0 Å². The maximum atomic E-state index is 9.40. The summed E-state index contributed by atoms with van der Waals surface area (Å²) in [4.78, 5) is 0. The van der Waals surface area contributed by atoms with Crippen molar-refractivity contribution < 1.29 is 9.84 Å². The SMILES string of the molecule is CC(C)(C)OCCn1cc(CO)c2ccc(Cl)cc21. The fourth-order valence-corrected chi connectivity index (χ4v) is 2.27. The van der Waals surface area contributed by atoms with Gasteiger partial charge in [0, 0.05) is 34.2 Å². The van der Waals surface area contributed by atoms with Gasteiger partial charge < -0.3 is 14.4 Å². The molecule has 0 aliphatic carbocycles. The first-order chi connectivity index (χ1) is 8.90. The molecule has 0 amide bonds. The van der Waals surface area contributed by atoms with Crippen molar-refractivity contribution in [2.45, 2.75) is 39.5 Å². The fourth-order valence-electron chi connectivity index (χ4n) is 2.10. The van der Waals surface area contributed by atoms with Crippen molar-refractivity contribution in [1.82, 2.24) is 4.57 Å². The maximum Gasteiger partial charge on any atom is 0.0702 e. The Balaban J connectivity index is 2.25. The van der Waals surface area contributed by atoms with E-state index in [9.17, 15) is 5.11 Å². The molecule has 0 aliphatic heterocycles.